The molecule has 7 nitrogen and oxygen atoms in total. The molecule has 2 aromatic heterocycles. The van der Waals surface area contributed by atoms with E-state index in [0.29, 0.717) is 11.6 Å². The minimum absolute atomic E-state index is 0.0687. The second kappa shape index (κ2) is 7.39. The van der Waals surface area contributed by atoms with E-state index in [-0.39, 0.29) is 11.5 Å². The number of hydrogen-bond acceptors (Lipinski definition) is 6. The van der Waals surface area contributed by atoms with Crippen molar-refractivity contribution in [2.24, 2.45) is 0 Å². The first-order chi connectivity index (χ1) is 12.2. The average molecular weight is 335 g/mol. The summed E-state index contributed by atoms with van der Waals surface area (Å²) in [6.07, 6.45) is 5.27. The Kier molecular flexibility index (Phi) is 4.84. The molecule has 0 aliphatic rings. The molecule has 2 heterocycles. The van der Waals surface area contributed by atoms with E-state index >= 15 is 0 Å². The smallest absolute Gasteiger partial charge is 0.278 e. The molecule has 3 aromatic rings. The largest absolute Gasteiger partial charge is 0.439 e. The predicted octanol–water partition coefficient (Wildman–Crippen LogP) is 3.06. The van der Waals surface area contributed by atoms with E-state index in [1.165, 1.54) is 24.2 Å². The third kappa shape index (κ3) is 4.08. The van der Waals surface area contributed by atoms with Gasteiger partial charge in [0.05, 0.1) is 11.9 Å². The van der Waals surface area contributed by atoms with Gasteiger partial charge < -0.3 is 15.8 Å². The molecule has 0 spiro atoms. The highest BCUT2D eigenvalue weighted by atomic mass is 16.5. The van der Waals surface area contributed by atoms with Gasteiger partial charge in [-0.2, -0.15) is 0 Å². The Labute approximate surface area is 144 Å². The van der Waals surface area contributed by atoms with Gasteiger partial charge in [0, 0.05) is 18.5 Å². The number of amides is 1. The van der Waals surface area contributed by atoms with Crippen molar-refractivity contribution in [3.63, 3.8) is 0 Å². The second-order valence-corrected chi connectivity index (χ2v) is 5.23. The molecule has 0 saturated carbocycles. The normalized spacial score (nSPS) is 10.3. The Morgan fingerprint density at radius 1 is 1.16 bits per heavy atom. The molecule has 0 radical (unpaired) electrons. The molecule has 0 unspecified atom stereocenters. The zero-order chi connectivity index (χ0) is 17.6. The van der Waals surface area contributed by atoms with Crippen LogP contribution in [0.15, 0.2) is 55.0 Å². The van der Waals surface area contributed by atoms with Crippen LogP contribution in [0.5, 0.6) is 11.6 Å². The van der Waals surface area contributed by atoms with Gasteiger partial charge in [-0.15, -0.1) is 0 Å². The molecule has 1 amide bonds. The quantitative estimate of drug-likeness (QED) is 0.743. The molecule has 3 rings (SSSR count). The van der Waals surface area contributed by atoms with Gasteiger partial charge in [-0.25, -0.2) is 15.0 Å². The molecule has 0 fully saturated rings. The number of aryl methyl sites for hydroxylation is 1. The van der Waals surface area contributed by atoms with Crippen LogP contribution in [0.1, 0.15) is 23.0 Å². The number of nitrogens with zero attached hydrogens (tertiary/aromatic N) is 3. The van der Waals surface area contributed by atoms with Gasteiger partial charge in [0.1, 0.15) is 5.75 Å². The van der Waals surface area contributed by atoms with Crippen LogP contribution in [-0.4, -0.2) is 20.9 Å². The third-order valence-electron chi connectivity index (χ3n) is 3.46. The van der Waals surface area contributed by atoms with Crippen molar-refractivity contribution in [3.05, 3.63) is 66.2 Å². The van der Waals surface area contributed by atoms with E-state index in [4.69, 9.17) is 10.5 Å². The fourth-order valence-electron chi connectivity index (χ4n) is 2.18. The molecular formula is C18H17N5O2. The van der Waals surface area contributed by atoms with Crippen molar-refractivity contribution >= 4 is 17.4 Å². The molecule has 3 N–H and O–H groups in total. The Balaban J connectivity index is 1.68. The molecule has 0 atom stereocenters. The summed E-state index contributed by atoms with van der Waals surface area (Å²) in [6, 6.07) is 11.2. The standard InChI is InChI=1S/C18H17N5O2/c1-2-12-4-3-5-14(10-12)25-15-7-6-13(11-22-15)23-18(24)16-17(19)21-9-8-20-16/h3-11H,2H2,1H3,(H2,19,21)(H,23,24). The zero-order valence-electron chi connectivity index (χ0n) is 13.6. The van der Waals surface area contributed by atoms with Crippen molar-refractivity contribution in [2.45, 2.75) is 13.3 Å². The number of nitrogens with two attached hydrogens (primary N) is 1. The van der Waals surface area contributed by atoms with Crippen molar-refractivity contribution in [1.29, 1.82) is 0 Å². The lowest BCUT2D eigenvalue weighted by Crippen LogP contribution is -2.16. The highest BCUT2D eigenvalue weighted by molar-refractivity contribution is 6.05. The van der Waals surface area contributed by atoms with Gasteiger partial charge in [0.15, 0.2) is 11.5 Å². The first-order valence-corrected chi connectivity index (χ1v) is 7.76. The van der Waals surface area contributed by atoms with Gasteiger partial charge in [0.2, 0.25) is 5.88 Å². The van der Waals surface area contributed by atoms with E-state index in [9.17, 15) is 4.79 Å². The maximum atomic E-state index is 12.1. The van der Waals surface area contributed by atoms with Crippen LogP contribution < -0.4 is 15.8 Å². The van der Waals surface area contributed by atoms with Crippen LogP contribution in [0.3, 0.4) is 0 Å². The van der Waals surface area contributed by atoms with E-state index in [2.05, 4.69) is 27.2 Å². The molecule has 0 bridgehead atoms. The lowest BCUT2D eigenvalue weighted by Gasteiger charge is -2.08. The number of carbonyl (C=O) groups excluding carboxylic acids is 1. The average Bonchev–Trinajstić information content (AvgIpc) is 2.64. The zero-order valence-corrected chi connectivity index (χ0v) is 13.6. The van der Waals surface area contributed by atoms with Gasteiger partial charge in [-0.1, -0.05) is 19.1 Å². The predicted molar refractivity (Wildman–Crippen MR) is 94.5 cm³/mol. The van der Waals surface area contributed by atoms with Gasteiger partial charge in [-0.3, -0.25) is 4.79 Å². The molecule has 7 heteroatoms. The summed E-state index contributed by atoms with van der Waals surface area (Å²) >= 11 is 0. The topological polar surface area (TPSA) is 103 Å². The summed E-state index contributed by atoms with van der Waals surface area (Å²) in [5, 5.41) is 2.67. The number of aromatic nitrogens is 3. The van der Waals surface area contributed by atoms with Crippen molar-refractivity contribution < 1.29 is 9.53 Å². The first kappa shape index (κ1) is 16.4. The maximum absolute atomic E-state index is 12.1. The van der Waals surface area contributed by atoms with Gasteiger partial charge >= 0.3 is 0 Å². The fraction of sp³-hybridized carbons (Fsp3) is 0.111. The van der Waals surface area contributed by atoms with Crippen molar-refractivity contribution in [1.82, 2.24) is 15.0 Å². The van der Waals surface area contributed by atoms with Crippen molar-refractivity contribution in [3.8, 4) is 11.6 Å². The summed E-state index contributed by atoms with van der Waals surface area (Å²) in [4.78, 5) is 24.1. The maximum Gasteiger partial charge on any atom is 0.278 e. The van der Waals surface area contributed by atoms with E-state index in [1.54, 1.807) is 12.1 Å². The number of nitrogen functional groups attached to an aromatic ring is 1. The molecule has 25 heavy (non-hydrogen) atoms. The van der Waals surface area contributed by atoms with Crippen LogP contribution in [0.2, 0.25) is 0 Å². The summed E-state index contributed by atoms with van der Waals surface area (Å²) in [7, 11) is 0. The molecule has 0 aliphatic heterocycles. The number of ether oxygens (including phenoxy) is 1. The molecular weight excluding hydrogens is 318 g/mol. The van der Waals surface area contributed by atoms with E-state index in [1.807, 2.05) is 24.3 Å². The number of carbonyl (C=O) groups is 1. The third-order valence-corrected chi connectivity index (χ3v) is 3.46. The van der Waals surface area contributed by atoms with E-state index in [0.717, 1.165) is 12.2 Å². The number of hydrogen-bond donors (Lipinski definition) is 2. The minimum Gasteiger partial charge on any atom is -0.439 e. The molecule has 1 aromatic carbocycles. The highest BCUT2D eigenvalue weighted by Crippen LogP contribution is 2.22. The molecule has 0 aliphatic carbocycles. The summed E-state index contributed by atoms with van der Waals surface area (Å²) in [6.45, 7) is 2.08. The summed E-state index contributed by atoms with van der Waals surface area (Å²) in [5.41, 5.74) is 7.40. The minimum atomic E-state index is -0.447. The Hall–Kier alpha value is -3.48. The van der Waals surface area contributed by atoms with Crippen LogP contribution in [-0.2, 0) is 6.42 Å². The lowest BCUT2D eigenvalue weighted by atomic mass is 10.2. The Morgan fingerprint density at radius 2 is 2.00 bits per heavy atom. The number of anilines is 2. The summed E-state index contributed by atoms with van der Waals surface area (Å²) < 4.78 is 5.72. The molecule has 0 saturated heterocycles. The fourth-order valence-corrected chi connectivity index (χ4v) is 2.18. The first-order valence-electron chi connectivity index (χ1n) is 7.76. The lowest BCUT2D eigenvalue weighted by molar-refractivity contribution is 0.102. The Morgan fingerprint density at radius 3 is 2.72 bits per heavy atom. The van der Waals surface area contributed by atoms with Gasteiger partial charge in [0.25, 0.3) is 5.91 Å². The second-order valence-electron chi connectivity index (χ2n) is 5.23. The number of rotatable bonds is 5. The number of pyridine rings is 1. The number of nitrogens with one attached hydrogen (secondary N) is 1. The van der Waals surface area contributed by atoms with Crippen LogP contribution in [0, 0.1) is 0 Å². The van der Waals surface area contributed by atoms with Crippen LogP contribution >= 0.6 is 0 Å². The molecule has 126 valence electrons. The van der Waals surface area contributed by atoms with E-state index < -0.39 is 5.91 Å². The highest BCUT2D eigenvalue weighted by Gasteiger charge is 2.12. The monoisotopic (exact) mass is 335 g/mol. The SMILES string of the molecule is CCc1cccc(Oc2ccc(NC(=O)c3nccnc3N)cn2)c1. The van der Waals surface area contributed by atoms with Gasteiger partial charge in [-0.05, 0) is 30.2 Å². The van der Waals surface area contributed by atoms with Crippen LogP contribution in [0.25, 0.3) is 0 Å². The summed E-state index contributed by atoms with van der Waals surface area (Å²) in [5.74, 6) is 0.779. The van der Waals surface area contributed by atoms with Crippen molar-refractivity contribution in [2.75, 3.05) is 11.1 Å². The van der Waals surface area contributed by atoms with Crippen LogP contribution in [0.4, 0.5) is 11.5 Å². The Bertz CT molecular complexity index is 881. The number of benzene rings is 1.